The minimum absolute atomic E-state index is 0.523. The van der Waals surface area contributed by atoms with Gasteiger partial charge < -0.3 is 11.1 Å². The van der Waals surface area contributed by atoms with E-state index in [1.165, 1.54) is 25.6 Å². The SMILES string of the molecule is CC1CCC(Nc2cc(N)ncn2)CC1C. The van der Waals surface area contributed by atoms with Crippen molar-refractivity contribution >= 4 is 11.6 Å². The molecule has 1 aliphatic carbocycles. The Morgan fingerprint density at radius 3 is 2.75 bits per heavy atom. The van der Waals surface area contributed by atoms with Gasteiger partial charge in [-0.15, -0.1) is 0 Å². The number of hydrogen-bond acceptors (Lipinski definition) is 4. The zero-order valence-electron chi connectivity index (χ0n) is 9.98. The Labute approximate surface area is 96.7 Å². The fourth-order valence-corrected chi connectivity index (χ4v) is 2.34. The number of nitrogen functional groups attached to an aromatic ring is 1. The molecule has 0 aromatic carbocycles. The Morgan fingerprint density at radius 1 is 1.25 bits per heavy atom. The smallest absolute Gasteiger partial charge is 0.131 e. The lowest BCUT2D eigenvalue weighted by Crippen LogP contribution is -2.30. The van der Waals surface area contributed by atoms with Crippen LogP contribution in [-0.2, 0) is 0 Å². The Morgan fingerprint density at radius 2 is 2.06 bits per heavy atom. The Hall–Kier alpha value is -1.32. The summed E-state index contributed by atoms with van der Waals surface area (Å²) in [5.74, 6) is 2.99. The number of nitrogens with zero attached hydrogens (tertiary/aromatic N) is 2. The van der Waals surface area contributed by atoms with Gasteiger partial charge in [-0.2, -0.15) is 0 Å². The molecule has 2 rings (SSSR count). The van der Waals surface area contributed by atoms with E-state index in [4.69, 9.17) is 5.73 Å². The van der Waals surface area contributed by atoms with Crippen LogP contribution >= 0.6 is 0 Å². The highest BCUT2D eigenvalue weighted by Crippen LogP contribution is 2.30. The van der Waals surface area contributed by atoms with Crippen LogP contribution in [-0.4, -0.2) is 16.0 Å². The van der Waals surface area contributed by atoms with Crippen molar-refractivity contribution in [2.75, 3.05) is 11.1 Å². The zero-order chi connectivity index (χ0) is 11.5. The molecule has 0 bridgehead atoms. The van der Waals surface area contributed by atoms with Gasteiger partial charge in [-0.05, 0) is 31.1 Å². The minimum atomic E-state index is 0.523. The maximum atomic E-state index is 5.62. The van der Waals surface area contributed by atoms with Gasteiger partial charge in [0.15, 0.2) is 0 Å². The predicted octanol–water partition coefficient (Wildman–Crippen LogP) is 2.30. The predicted molar refractivity (Wildman–Crippen MR) is 66.0 cm³/mol. The highest BCUT2D eigenvalue weighted by atomic mass is 15.0. The second-order valence-electron chi connectivity index (χ2n) is 4.94. The summed E-state index contributed by atoms with van der Waals surface area (Å²) in [6.07, 6.45) is 5.23. The average molecular weight is 220 g/mol. The summed E-state index contributed by atoms with van der Waals surface area (Å²) < 4.78 is 0. The third kappa shape index (κ3) is 2.62. The van der Waals surface area contributed by atoms with Gasteiger partial charge in [0.2, 0.25) is 0 Å². The summed E-state index contributed by atoms with van der Waals surface area (Å²) in [4.78, 5) is 8.06. The topological polar surface area (TPSA) is 63.8 Å². The molecule has 1 aromatic rings. The van der Waals surface area contributed by atoms with Crippen LogP contribution in [0.25, 0.3) is 0 Å². The Kier molecular flexibility index (Phi) is 3.27. The van der Waals surface area contributed by atoms with E-state index in [0.29, 0.717) is 11.9 Å². The summed E-state index contributed by atoms with van der Waals surface area (Å²) in [5, 5.41) is 3.44. The molecule has 3 unspecified atom stereocenters. The van der Waals surface area contributed by atoms with E-state index < -0.39 is 0 Å². The molecule has 0 aliphatic heterocycles. The lowest BCUT2D eigenvalue weighted by atomic mass is 9.79. The van der Waals surface area contributed by atoms with Crippen molar-refractivity contribution in [1.29, 1.82) is 0 Å². The standard InChI is InChI=1S/C12H20N4/c1-8-3-4-10(5-9(8)2)16-12-6-11(13)14-7-15-12/h6-10H,3-5H2,1-2H3,(H3,13,14,15,16). The number of hydrogen-bond donors (Lipinski definition) is 2. The first kappa shape index (κ1) is 11.2. The molecule has 1 saturated carbocycles. The van der Waals surface area contributed by atoms with Gasteiger partial charge in [0, 0.05) is 12.1 Å². The summed E-state index contributed by atoms with van der Waals surface area (Å²) >= 11 is 0. The van der Waals surface area contributed by atoms with E-state index in [1.807, 2.05) is 0 Å². The lowest BCUT2D eigenvalue weighted by Gasteiger charge is -2.32. The Balaban J connectivity index is 1.95. The van der Waals surface area contributed by atoms with Crippen molar-refractivity contribution < 1.29 is 0 Å². The first-order valence-corrected chi connectivity index (χ1v) is 5.99. The van der Waals surface area contributed by atoms with Crippen LogP contribution in [0.3, 0.4) is 0 Å². The Bertz CT molecular complexity index is 353. The number of nitrogens with two attached hydrogens (primary N) is 1. The van der Waals surface area contributed by atoms with Gasteiger partial charge in [0.05, 0.1) is 0 Å². The van der Waals surface area contributed by atoms with Crippen LogP contribution in [0.4, 0.5) is 11.6 Å². The highest BCUT2D eigenvalue weighted by molar-refractivity contribution is 5.43. The van der Waals surface area contributed by atoms with Gasteiger partial charge in [0.1, 0.15) is 18.0 Å². The van der Waals surface area contributed by atoms with Gasteiger partial charge in [-0.3, -0.25) is 0 Å². The monoisotopic (exact) mass is 220 g/mol. The van der Waals surface area contributed by atoms with Crippen LogP contribution in [0.5, 0.6) is 0 Å². The second kappa shape index (κ2) is 4.68. The lowest BCUT2D eigenvalue weighted by molar-refractivity contribution is 0.260. The maximum Gasteiger partial charge on any atom is 0.131 e. The van der Waals surface area contributed by atoms with Gasteiger partial charge >= 0.3 is 0 Å². The second-order valence-corrected chi connectivity index (χ2v) is 4.94. The molecule has 88 valence electrons. The van der Waals surface area contributed by atoms with E-state index in [-0.39, 0.29) is 0 Å². The van der Waals surface area contributed by atoms with Crippen molar-refractivity contribution in [2.45, 2.75) is 39.2 Å². The molecular formula is C12H20N4. The fourth-order valence-electron chi connectivity index (χ4n) is 2.34. The van der Waals surface area contributed by atoms with E-state index in [9.17, 15) is 0 Å². The largest absolute Gasteiger partial charge is 0.384 e. The van der Waals surface area contributed by atoms with Crippen molar-refractivity contribution in [3.8, 4) is 0 Å². The van der Waals surface area contributed by atoms with Crippen LogP contribution in [0.1, 0.15) is 33.1 Å². The molecule has 0 amide bonds. The van der Waals surface area contributed by atoms with E-state index in [1.54, 1.807) is 6.07 Å². The summed E-state index contributed by atoms with van der Waals surface area (Å²) in [7, 11) is 0. The molecule has 0 saturated heterocycles. The first-order chi connectivity index (χ1) is 7.65. The molecule has 1 aromatic heterocycles. The molecule has 0 radical (unpaired) electrons. The molecule has 1 aliphatic rings. The summed E-state index contributed by atoms with van der Waals surface area (Å²) in [5.41, 5.74) is 5.62. The first-order valence-electron chi connectivity index (χ1n) is 5.99. The number of rotatable bonds is 2. The zero-order valence-corrected chi connectivity index (χ0v) is 9.98. The molecule has 4 nitrogen and oxygen atoms in total. The molecule has 4 heteroatoms. The number of anilines is 2. The normalized spacial score (nSPS) is 30.0. The van der Waals surface area contributed by atoms with Crippen LogP contribution in [0.15, 0.2) is 12.4 Å². The maximum absolute atomic E-state index is 5.62. The van der Waals surface area contributed by atoms with Crippen molar-refractivity contribution in [3.05, 3.63) is 12.4 Å². The van der Waals surface area contributed by atoms with Gasteiger partial charge in [0.25, 0.3) is 0 Å². The van der Waals surface area contributed by atoms with Gasteiger partial charge in [-0.25, -0.2) is 9.97 Å². The molecule has 0 spiro atoms. The van der Waals surface area contributed by atoms with Crippen LogP contribution in [0, 0.1) is 11.8 Å². The van der Waals surface area contributed by atoms with E-state index in [0.717, 1.165) is 17.7 Å². The van der Waals surface area contributed by atoms with Crippen molar-refractivity contribution in [3.63, 3.8) is 0 Å². The van der Waals surface area contributed by atoms with E-state index in [2.05, 4.69) is 29.1 Å². The van der Waals surface area contributed by atoms with Gasteiger partial charge in [-0.1, -0.05) is 13.8 Å². The number of aromatic nitrogens is 2. The van der Waals surface area contributed by atoms with Crippen molar-refractivity contribution in [1.82, 2.24) is 9.97 Å². The molecule has 1 heterocycles. The summed E-state index contributed by atoms with van der Waals surface area (Å²) in [6.45, 7) is 4.66. The highest BCUT2D eigenvalue weighted by Gasteiger charge is 2.24. The third-order valence-electron chi connectivity index (χ3n) is 3.64. The molecule has 1 fully saturated rings. The quantitative estimate of drug-likeness (QED) is 0.802. The molecule has 3 N–H and O–H groups in total. The third-order valence-corrected chi connectivity index (χ3v) is 3.64. The molecule has 16 heavy (non-hydrogen) atoms. The average Bonchev–Trinajstić information content (AvgIpc) is 2.24. The van der Waals surface area contributed by atoms with Crippen LogP contribution in [0.2, 0.25) is 0 Å². The molecular weight excluding hydrogens is 200 g/mol. The van der Waals surface area contributed by atoms with Crippen molar-refractivity contribution in [2.24, 2.45) is 11.8 Å². The fraction of sp³-hybridized carbons (Fsp3) is 0.667. The summed E-state index contributed by atoms with van der Waals surface area (Å²) in [6, 6.07) is 2.32. The minimum Gasteiger partial charge on any atom is -0.384 e. The molecule has 3 atom stereocenters. The number of nitrogens with one attached hydrogen (secondary N) is 1. The van der Waals surface area contributed by atoms with E-state index >= 15 is 0 Å². The van der Waals surface area contributed by atoms with Crippen LogP contribution < -0.4 is 11.1 Å².